The van der Waals surface area contributed by atoms with Gasteiger partial charge in [-0.3, -0.25) is 0 Å². The number of benzene rings is 2. The normalized spacial score (nSPS) is 13.6. The van der Waals surface area contributed by atoms with Crippen LogP contribution in [0.2, 0.25) is 0 Å². The first-order chi connectivity index (χ1) is 11.5. The first-order valence-corrected chi connectivity index (χ1v) is 10.0. The fraction of sp³-hybridized carbons (Fsp3) is 0.368. The van der Waals surface area contributed by atoms with Gasteiger partial charge in [0.25, 0.3) is 0 Å². The zero-order chi connectivity index (χ0) is 17.4. The fourth-order valence-corrected chi connectivity index (χ4v) is 3.22. The lowest BCUT2D eigenvalue weighted by molar-refractivity contribution is 0.583. The summed E-state index contributed by atoms with van der Waals surface area (Å²) in [6.07, 6.45) is 4.74. The molecule has 5 heteroatoms. The Kier molecular flexibility index (Phi) is 6.97. The number of nitrogens with one attached hydrogen (secondary N) is 2. The molecule has 130 valence electrons. The number of sulfonamides is 1. The van der Waals surface area contributed by atoms with Crippen molar-refractivity contribution in [2.75, 3.05) is 18.8 Å². The van der Waals surface area contributed by atoms with E-state index < -0.39 is 10.0 Å². The fourth-order valence-electron chi connectivity index (χ4n) is 2.58. The average Bonchev–Trinajstić information content (AvgIpc) is 2.60. The maximum Gasteiger partial charge on any atom is 0.211 e. The second-order valence-electron chi connectivity index (χ2n) is 5.76. The highest BCUT2D eigenvalue weighted by atomic mass is 32.2. The molecular formula is C19H26N2O2S. The molecule has 0 amide bonds. The molecule has 0 spiro atoms. The summed E-state index contributed by atoms with van der Waals surface area (Å²) in [6.45, 7) is 5.00. The van der Waals surface area contributed by atoms with Crippen molar-refractivity contribution in [3.05, 3.63) is 60.2 Å². The van der Waals surface area contributed by atoms with E-state index in [2.05, 4.69) is 59.4 Å². The van der Waals surface area contributed by atoms with Gasteiger partial charge in [0.2, 0.25) is 10.0 Å². The van der Waals surface area contributed by atoms with Gasteiger partial charge in [0, 0.05) is 19.1 Å². The van der Waals surface area contributed by atoms with Crippen LogP contribution in [0, 0.1) is 0 Å². The molecule has 2 aromatic rings. The number of rotatable bonds is 9. The minimum Gasteiger partial charge on any atom is -0.307 e. The van der Waals surface area contributed by atoms with Gasteiger partial charge in [-0.1, -0.05) is 54.6 Å². The van der Waals surface area contributed by atoms with Crippen LogP contribution in [0.3, 0.4) is 0 Å². The smallest absolute Gasteiger partial charge is 0.211 e. The third-order valence-corrected chi connectivity index (χ3v) is 5.42. The SMILES string of the molecule is CCS(=O)(=O)NCC/C=C/CN[C@H](C)c1cccc2ccccc12. The Morgan fingerprint density at radius 3 is 2.62 bits per heavy atom. The highest BCUT2D eigenvalue weighted by molar-refractivity contribution is 7.89. The van der Waals surface area contributed by atoms with E-state index in [0.717, 1.165) is 6.54 Å². The van der Waals surface area contributed by atoms with Gasteiger partial charge in [0.1, 0.15) is 0 Å². The van der Waals surface area contributed by atoms with Crippen molar-refractivity contribution in [1.29, 1.82) is 0 Å². The number of hydrogen-bond acceptors (Lipinski definition) is 3. The second kappa shape index (κ2) is 8.97. The lowest BCUT2D eigenvalue weighted by atomic mass is 10.00. The van der Waals surface area contributed by atoms with E-state index >= 15 is 0 Å². The first kappa shape index (κ1) is 18.6. The topological polar surface area (TPSA) is 58.2 Å². The molecule has 2 aromatic carbocycles. The molecular weight excluding hydrogens is 320 g/mol. The lowest BCUT2D eigenvalue weighted by Crippen LogP contribution is -2.25. The van der Waals surface area contributed by atoms with Crippen molar-refractivity contribution in [3.8, 4) is 0 Å². The molecule has 2 N–H and O–H groups in total. The molecule has 0 fully saturated rings. The Morgan fingerprint density at radius 2 is 1.83 bits per heavy atom. The van der Waals surface area contributed by atoms with Crippen LogP contribution < -0.4 is 10.0 Å². The lowest BCUT2D eigenvalue weighted by Gasteiger charge is -2.15. The summed E-state index contributed by atoms with van der Waals surface area (Å²) >= 11 is 0. The van der Waals surface area contributed by atoms with Crippen molar-refractivity contribution in [2.24, 2.45) is 0 Å². The minimum atomic E-state index is -3.08. The monoisotopic (exact) mass is 346 g/mol. The van der Waals surface area contributed by atoms with Crippen molar-refractivity contribution in [3.63, 3.8) is 0 Å². The van der Waals surface area contributed by atoms with Crippen LogP contribution in [0.4, 0.5) is 0 Å². The molecule has 0 radical (unpaired) electrons. The van der Waals surface area contributed by atoms with Crippen LogP contribution in [-0.2, 0) is 10.0 Å². The molecule has 0 aliphatic rings. The van der Waals surface area contributed by atoms with Crippen molar-refractivity contribution < 1.29 is 8.42 Å². The van der Waals surface area contributed by atoms with E-state index in [4.69, 9.17) is 0 Å². The maximum absolute atomic E-state index is 11.3. The summed E-state index contributed by atoms with van der Waals surface area (Å²) in [7, 11) is -3.08. The van der Waals surface area contributed by atoms with Crippen molar-refractivity contribution >= 4 is 20.8 Å². The molecule has 0 heterocycles. The summed E-state index contributed by atoms with van der Waals surface area (Å²) in [4.78, 5) is 0. The van der Waals surface area contributed by atoms with Gasteiger partial charge in [-0.25, -0.2) is 13.1 Å². The molecule has 0 bridgehead atoms. The average molecular weight is 346 g/mol. The first-order valence-electron chi connectivity index (χ1n) is 8.37. The summed E-state index contributed by atoms with van der Waals surface area (Å²) in [5, 5.41) is 6.01. The standard InChI is InChI=1S/C19H26N2O2S/c1-3-24(22,23)21-15-8-4-7-14-20-16(2)18-13-9-11-17-10-5-6-12-19(17)18/h4-7,9-13,16,20-21H,3,8,14-15H2,1-2H3/b7-4+/t16-/m1/s1. The Labute approximate surface area is 145 Å². The summed E-state index contributed by atoms with van der Waals surface area (Å²) < 4.78 is 25.1. The van der Waals surface area contributed by atoms with Crippen LogP contribution in [-0.4, -0.2) is 27.3 Å². The third kappa shape index (κ3) is 5.44. The largest absolute Gasteiger partial charge is 0.307 e. The van der Waals surface area contributed by atoms with E-state index in [1.807, 2.05) is 12.2 Å². The Balaban J connectivity index is 1.81. The van der Waals surface area contributed by atoms with E-state index in [0.29, 0.717) is 13.0 Å². The molecule has 1 atom stereocenters. The minimum absolute atomic E-state index is 0.126. The zero-order valence-electron chi connectivity index (χ0n) is 14.3. The van der Waals surface area contributed by atoms with Gasteiger partial charge < -0.3 is 5.32 Å². The van der Waals surface area contributed by atoms with Crippen LogP contribution in [0.15, 0.2) is 54.6 Å². The Hall–Kier alpha value is -1.69. The third-order valence-electron chi connectivity index (χ3n) is 4.01. The van der Waals surface area contributed by atoms with Gasteiger partial charge in [-0.15, -0.1) is 0 Å². The van der Waals surface area contributed by atoms with E-state index in [1.54, 1.807) is 6.92 Å². The summed E-state index contributed by atoms with van der Waals surface area (Å²) in [5.74, 6) is 0.126. The van der Waals surface area contributed by atoms with E-state index in [9.17, 15) is 8.42 Å². The van der Waals surface area contributed by atoms with E-state index in [1.165, 1.54) is 16.3 Å². The quantitative estimate of drug-likeness (QED) is 0.540. The van der Waals surface area contributed by atoms with Crippen molar-refractivity contribution in [2.45, 2.75) is 26.3 Å². The van der Waals surface area contributed by atoms with E-state index in [-0.39, 0.29) is 11.8 Å². The molecule has 24 heavy (non-hydrogen) atoms. The predicted octanol–water partition coefficient (Wildman–Crippen LogP) is 3.38. The second-order valence-corrected chi connectivity index (χ2v) is 7.85. The van der Waals surface area contributed by atoms with Crippen molar-refractivity contribution in [1.82, 2.24) is 10.0 Å². The number of hydrogen-bond donors (Lipinski definition) is 2. The van der Waals surface area contributed by atoms with Gasteiger partial charge in [-0.05, 0) is 36.6 Å². The highest BCUT2D eigenvalue weighted by Crippen LogP contribution is 2.23. The summed E-state index contributed by atoms with van der Waals surface area (Å²) in [5.41, 5.74) is 1.29. The predicted molar refractivity (Wildman–Crippen MR) is 102 cm³/mol. The van der Waals surface area contributed by atoms with Gasteiger partial charge in [0.05, 0.1) is 5.75 Å². The molecule has 4 nitrogen and oxygen atoms in total. The van der Waals surface area contributed by atoms with Gasteiger partial charge in [0.15, 0.2) is 0 Å². The number of fused-ring (bicyclic) bond motifs is 1. The molecule has 2 rings (SSSR count). The van der Waals surface area contributed by atoms with Gasteiger partial charge >= 0.3 is 0 Å². The van der Waals surface area contributed by atoms with Crippen LogP contribution in [0.1, 0.15) is 31.9 Å². The van der Waals surface area contributed by atoms with Crippen LogP contribution in [0.25, 0.3) is 10.8 Å². The maximum atomic E-state index is 11.3. The Morgan fingerprint density at radius 1 is 1.08 bits per heavy atom. The zero-order valence-corrected chi connectivity index (χ0v) is 15.1. The summed E-state index contributed by atoms with van der Waals surface area (Å²) in [6, 6.07) is 15.0. The molecule has 0 aliphatic heterocycles. The molecule has 0 saturated heterocycles. The molecule has 0 unspecified atom stereocenters. The van der Waals surface area contributed by atoms with Gasteiger partial charge in [-0.2, -0.15) is 0 Å². The molecule has 0 saturated carbocycles. The molecule has 0 aliphatic carbocycles. The highest BCUT2D eigenvalue weighted by Gasteiger charge is 2.07. The molecule has 0 aromatic heterocycles. The van der Waals surface area contributed by atoms with Crippen LogP contribution in [0.5, 0.6) is 0 Å². The van der Waals surface area contributed by atoms with Crippen LogP contribution >= 0.6 is 0 Å². The Bertz CT molecular complexity index is 780.